The van der Waals surface area contributed by atoms with Gasteiger partial charge in [-0.25, -0.2) is 9.38 Å². The molecular weight excluding hydrogens is 367 g/mol. The predicted molar refractivity (Wildman–Crippen MR) is 91.3 cm³/mol. The topological polar surface area (TPSA) is 41.5 Å². The molecule has 1 aliphatic heterocycles. The van der Waals surface area contributed by atoms with Crippen LogP contribution in [-0.4, -0.2) is 11.1 Å². The molecule has 1 heterocycles. The highest BCUT2D eigenvalue weighted by atomic mass is 79.9. The van der Waals surface area contributed by atoms with Crippen LogP contribution in [0.1, 0.15) is 5.56 Å². The largest absolute Gasteiger partial charge is 0.300 e. The number of rotatable bonds is 2. The van der Waals surface area contributed by atoms with Crippen LogP contribution in [0.2, 0.25) is 0 Å². The van der Waals surface area contributed by atoms with Crippen LogP contribution in [0.5, 0.6) is 0 Å². The standard InChI is InChI=1S/C16H10BrFN2OS/c17-11-4-6-13(7-5-11)19-16-20-15(21)14(22-16)9-10-2-1-3-12(18)8-10/h1-9H,(H,19,20,21)/b14-9+. The zero-order chi connectivity index (χ0) is 15.5. The van der Waals surface area contributed by atoms with Gasteiger partial charge in [-0.1, -0.05) is 28.1 Å². The van der Waals surface area contributed by atoms with Gasteiger partial charge < -0.3 is 5.32 Å². The van der Waals surface area contributed by atoms with Crippen LogP contribution in [0.25, 0.3) is 6.08 Å². The number of nitrogens with zero attached hydrogens (tertiary/aromatic N) is 1. The third-order valence-corrected chi connectivity index (χ3v) is 4.29. The summed E-state index contributed by atoms with van der Waals surface area (Å²) in [4.78, 5) is 16.8. The lowest BCUT2D eigenvalue weighted by Gasteiger charge is -1.96. The zero-order valence-corrected chi connectivity index (χ0v) is 13.6. The SMILES string of the molecule is O=C1NC(=Nc2ccc(Br)cc2)S/C1=C/c1cccc(F)c1. The van der Waals surface area contributed by atoms with Crippen molar-refractivity contribution in [1.82, 2.24) is 5.32 Å². The number of amidine groups is 1. The van der Waals surface area contributed by atoms with Gasteiger partial charge in [-0.15, -0.1) is 0 Å². The summed E-state index contributed by atoms with van der Waals surface area (Å²) in [7, 11) is 0. The number of thioether (sulfide) groups is 1. The summed E-state index contributed by atoms with van der Waals surface area (Å²) in [5.41, 5.74) is 1.39. The normalized spacial score (nSPS) is 18.0. The van der Waals surface area contributed by atoms with E-state index in [0.717, 1.165) is 10.2 Å². The number of aliphatic imine (C=N–C) groups is 1. The lowest BCUT2D eigenvalue weighted by molar-refractivity contribution is -0.115. The van der Waals surface area contributed by atoms with Gasteiger partial charge in [-0.05, 0) is 59.8 Å². The predicted octanol–water partition coefficient (Wildman–Crippen LogP) is 4.48. The molecule has 0 spiro atoms. The molecule has 0 aromatic heterocycles. The molecule has 0 bridgehead atoms. The van der Waals surface area contributed by atoms with Crippen molar-refractivity contribution in [2.45, 2.75) is 0 Å². The number of hydrogen-bond donors (Lipinski definition) is 1. The Bertz CT molecular complexity index is 787. The molecule has 0 atom stereocenters. The molecule has 22 heavy (non-hydrogen) atoms. The van der Waals surface area contributed by atoms with Gasteiger partial charge in [0.1, 0.15) is 5.82 Å². The van der Waals surface area contributed by atoms with Crippen LogP contribution in [0.3, 0.4) is 0 Å². The van der Waals surface area contributed by atoms with Gasteiger partial charge in [-0.2, -0.15) is 0 Å². The maximum atomic E-state index is 13.2. The average molecular weight is 377 g/mol. The third kappa shape index (κ3) is 3.64. The van der Waals surface area contributed by atoms with Crippen molar-refractivity contribution >= 4 is 50.5 Å². The highest BCUT2D eigenvalue weighted by molar-refractivity contribution is 9.10. The first kappa shape index (κ1) is 15.0. The monoisotopic (exact) mass is 376 g/mol. The molecule has 0 unspecified atom stereocenters. The van der Waals surface area contributed by atoms with Gasteiger partial charge >= 0.3 is 0 Å². The van der Waals surface area contributed by atoms with E-state index in [2.05, 4.69) is 26.2 Å². The molecule has 1 aliphatic rings. The van der Waals surface area contributed by atoms with Gasteiger partial charge in [0.15, 0.2) is 5.17 Å². The summed E-state index contributed by atoms with van der Waals surface area (Å²) in [5.74, 6) is -0.563. The van der Waals surface area contributed by atoms with Crippen molar-refractivity contribution in [2.24, 2.45) is 4.99 Å². The van der Waals surface area contributed by atoms with Crippen LogP contribution in [0.4, 0.5) is 10.1 Å². The lowest BCUT2D eigenvalue weighted by atomic mass is 10.2. The van der Waals surface area contributed by atoms with Crippen LogP contribution in [0.15, 0.2) is 62.9 Å². The lowest BCUT2D eigenvalue weighted by Crippen LogP contribution is -2.19. The second-order valence-corrected chi connectivity index (χ2v) is 6.46. The Morgan fingerprint density at radius 3 is 2.68 bits per heavy atom. The van der Waals surface area contributed by atoms with E-state index in [1.54, 1.807) is 18.2 Å². The molecule has 0 aliphatic carbocycles. The molecule has 110 valence electrons. The Morgan fingerprint density at radius 2 is 1.95 bits per heavy atom. The molecule has 0 saturated carbocycles. The first-order valence-corrected chi connectivity index (χ1v) is 8.02. The van der Waals surface area contributed by atoms with E-state index in [1.165, 1.54) is 23.9 Å². The Balaban J connectivity index is 1.82. The summed E-state index contributed by atoms with van der Waals surface area (Å²) in [6.07, 6.45) is 1.65. The molecule has 1 saturated heterocycles. The van der Waals surface area contributed by atoms with E-state index in [0.29, 0.717) is 15.6 Å². The Morgan fingerprint density at radius 1 is 1.18 bits per heavy atom. The minimum atomic E-state index is -0.332. The number of halogens is 2. The number of carbonyl (C=O) groups excluding carboxylic acids is 1. The fraction of sp³-hybridized carbons (Fsp3) is 0. The van der Waals surface area contributed by atoms with Crippen molar-refractivity contribution in [3.05, 3.63) is 69.3 Å². The van der Waals surface area contributed by atoms with Crippen molar-refractivity contribution < 1.29 is 9.18 Å². The van der Waals surface area contributed by atoms with Crippen LogP contribution in [-0.2, 0) is 4.79 Å². The van der Waals surface area contributed by atoms with Gasteiger partial charge in [-0.3, -0.25) is 4.79 Å². The third-order valence-electron chi connectivity index (χ3n) is 2.85. The summed E-state index contributed by atoms with van der Waals surface area (Å²) in [6, 6.07) is 13.5. The summed E-state index contributed by atoms with van der Waals surface area (Å²) < 4.78 is 14.1. The Kier molecular flexibility index (Phi) is 4.40. The second kappa shape index (κ2) is 6.46. The molecule has 0 radical (unpaired) electrons. The van der Waals surface area contributed by atoms with E-state index >= 15 is 0 Å². The maximum Gasteiger partial charge on any atom is 0.264 e. The minimum Gasteiger partial charge on any atom is -0.300 e. The second-order valence-electron chi connectivity index (χ2n) is 4.51. The highest BCUT2D eigenvalue weighted by Gasteiger charge is 2.23. The molecule has 1 amide bonds. The summed E-state index contributed by atoms with van der Waals surface area (Å²) in [6.45, 7) is 0. The van der Waals surface area contributed by atoms with Crippen LogP contribution >= 0.6 is 27.7 Å². The fourth-order valence-corrected chi connectivity index (χ4v) is 2.97. The van der Waals surface area contributed by atoms with E-state index < -0.39 is 0 Å². The first-order valence-electron chi connectivity index (χ1n) is 6.41. The van der Waals surface area contributed by atoms with Crippen LogP contribution in [0, 0.1) is 5.82 Å². The molecular formula is C16H10BrFN2OS. The van der Waals surface area contributed by atoms with E-state index in [9.17, 15) is 9.18 Å². The molecule has 3 nitrogen and oxygen atoms in total. The Hall–Kier alpha value is -1.92. The zero-order valence-electron chi connectivity index (χ0n) is 11.2. The molecule has 6 heteroatoms. The van der Waals surface area contributed by atoms with Gasteiger partial charge in [0.2, 0.25) is 0 Å². The quantitative estimate of drug-likeness (QED) is 0.785. The maximum absolute atomic E-state index is 13.2. The number of hydrogen-bond acceptors (Lipinski definition) is 3. The fourth-order valence-electron chi connectivity index (χ4n) is 1.86. The van der Waals surface area contributed by atoms with E-state index in [1.807, 2.05) is 24.3 Å². The molecule has 1 N–H and O–H groups in total. The number of benzene rings is 2. The van der Waals surface area contributed by atoms with E-state index in [4.69, 9.17) is 0 Å². The van der Waals surface area contributed by atoms with Crippen LogP contribution < -0.4 is 5.32 Å². The first-order chi connectivity index (χ1) is 10.6. The summed E-state index contributed by atoms with van der Waals surface area (Å²) in [5, 5.41) is 3.21. The molecule has 3 rings (SSSR count). The van der Waals surface area contributed by atoms with Crippen molar-refractivity contribution in [1.29, 1.82) is 0 Å². The number of carbonyl (C=O) groups is 1. The highest BCUT2D eigenvalue weighted by Crippen LogP contribution is 2.28. The van der Waals surface area contributed by atoms with Gasteiger partial charge in [0, 0.05) is 4.47 Å². The van der Waals surface area contributed by atoms with Gasteiger partial charge in [0.05, 0.1) is 10.6 Å². The smallest absolute Gasteiger partial charge is 0.264 e. The molecule has 1 fully saturated rings. The van der Waals surface area contributed by atoms with E-state index in [-0.39, 0.29) is 11.7 Å². The number of amides is 1. The van der Waals surface area contributed by atoms with Gasteiger partial charge in [0.25, 0.3) is 5.91 Å². The number of nitrogens with one attached hydrogen (secondary N) is 1. The Labute approximate surface area is 139 Å². The van der Waals surface area contributed by atoms with Crippen molar-refractivity contribution in [3.8, 4) is 0 Å². The van der Waals surface area contributed by atoms with Crippen molar-refractivity contribution in [2.75, 3.05) is 0 Å². The average Bonchev–Trinajstić information content (AvgIpc) is 2.81. The summed E-state index contributed by atoms with van der Waals surface area (Å²) >= 11 is 4.59. The molecule has 2 aromatic rings. The molecule has 2 aromatic carbocycles. The van der Waals surface area contributed by atoms with Crippen molar-refractivity contribution in [3.63, 3.8) is 0 Å². The minimum absolute atomic E-state index is 0.231.